The van der Waals surface area contributed by atoms with Crippen LogP contribution in [0.4, 0.5) is 5.69 Å². The predicted octanol–water partition coefficient (Wildman–Crippen LogP) is 10.1. The summed E-state index contributed by atoms with van der Waals surface area (Å²) in [4.78, 5) is 14.7. The summed E-state index contributed by atoms with van der Waals surface area (Å²) in [6.45, 7) is 7.55. The van der Waals surface area contributed by atoms with Crippen molar-refractivity contribution in [1.29, 1.82) is 0 Å². The van der Waals surface area contributed by atoms with Gasteiger partial charge in [0.2, 0.25) is 0 Å². The second-order valence-electron chi connectivity index (χ2n) is 12.3. The van der Waals surface area contributed by atoms with Gasteiger partial charge in [-0.1, -0.05) is 149 Å². The van der Waals surface area contributed by atoms with Crippen LogP contribution in [0.1, 0.15) is 126 Å². The molecule has 1 amide bonds. The molecule has 3 rings (SSSR count). The van der Waals surface area contributed by atoms with Crippen LogP contribution in [0, 0.1) is 0 Å². The van der Waals surface area contributed by atoms with Gasteiger partial charge in [-0.3, -0.25) is 4.79 Å². The number of benzene rings is 2. The molecule has 9 heteroatoms. The molecule has 2 aromatic carbocycles. The van der Waals surface area contributed by atoms with E-state index >= 15 is 0 Å². The maximum atomic E-state index is 12.1. The normalized spacial score (nSPS) is 18.8. The molecule has 0 unspecified atom stereocenters. The topological polar surface area (TPSA) is 71.0 Å². The molecule has 3 atom stereocenters. The van der Waals surface area contributed by atoms with Crippen molar-refractivity contribution in [3.05, 3.63) is 65.2 Å². The van der Waals surface area contributed by atoms with E-state index in [0.29, 0.717) is 5.69 Å². The van der Waals surface area contributed by atoms with Crippen molar-refractivity contribution < 1.29 is 19.4 Å². The Balaban J connectivity index is 1.72. The molecule has 0 saturated carbocycles. The van der Waals surface area contributed by atoms with E-state index in [-0.39, 0.29) is 18.8 Å². The van der Waals surface area contributed by atoms with Crippen molar-refractivity contribution >= 4 is 46.4 Å². The van der Waals surface area contributed by atoms with Gasteiger partial charge in [-0.05, 0) is 49.2 Å². The van der Waals surface area contributed by atoms with E-state index < -0.39 is 16.0 Å². The molecule has 0 aromatic heterocycles. The Bertz CT molecular complexity index is 1080. The third-order valence-corrected chi connectivity index (χ3v) is 8.95. The van der Waals surface area contributed by atoms with Gasteiger partial charge < -0.3 is 24.8 Å². The van der Waals surface area contributed by atoms with E-state index in [0.717, 1.165) is 42.7 Å². The lowest BCUT2D eigenvalue weighted by Gasteiger charge is -2.38. The average Bonchev–Trinajstić information content (AvgIpc) is 3.04. The first kappa shape index (κ1) is 38.1. The van der Waals surface area contributed by atoms with E-state index in [1.807, 2.05) is 36.4 Å². The summed E-state index contributed by atoms with van der Waals surface area (Å²) in [7, 11) is 0. The highest BCUT2D eigenvalue weighted by Gasteiger charge is 2.34. The maximum Gasteiger partial charge on any atom is 0.276 e. The minimum Gasteiger partial charge on any atom is -0.392 e. The molecular weight excluding hydrogens is 631 g/mol. The number of carbonyl (C=O) groups is 1. The van der Waals surface area contributed by atoms with Gasteiger partial charge in [0.25, 0.3) is 9.70 Å². The fraction of sp³-hybridized carbons (Fsp3) is 0.639. The second kappa shape index (κ2) is 20.8. The Hall–Kier alpha value is -1.38. The fourth-order valence-electron chi connectivity index (χ4n) is 5.77. The number of hydrogen-bond donors (Lipinski definition) is 2. The minimum absolute atomic E-state index is 0.00712. The molecule has 6 nitrogen and oxygen atoms in total. The molecular formula is C36H53Cl3N2O4. The van der Waals surface area contributed by atoms with Crippen LogP contribution in [-0.2, 0) is 20.9 Å². The molecule has 1 saturated heterocycles. The molecule has 1 aliphatic heterocycles. The van der Waals surface area contributed by atoms with Gasteiger partial charge in [-0.25, -0.2) is 0 Å². The zero-order valence-electron chi connectivity index (χ0n) is 27.1. The number of amides is 1. The molecule has 2 N–H and O–H groups in total. The van der Waals surface area contributed by atoms with E-state index in [1.54, 1.807) is 12.1 Å². The van der Waals surface area contributed by atoms with Gasteiger partial charge in [0.15, 0.2) is 6.29 Å². The smallest absolute Gasteiger partial charge is 0.276 e. The summed E-state index contributed by atoms with van der Waals surface area (Å²) in [6, 6.07) is 15.2. The highest BCUT2D eigenvalue weighted by Crippen LogP contribution is 2.38. The molecule has 0 radical (unpaired) electrons. The monoisotopic (exact) mass is 682 g/mol. The lowest BCUT2D eigenvalue weighted by molar-refractivity contribution is -0.253. The van der Waals surface area contributed by atoms with Gasteiger partial charge in [0.1, 0.15) is 0 Å². The Labute approximate surface area is 286 Å². The van der Waals surface area contributed by atoms with Gasteiger partial charge >= 0.3 is 0 Å². The molecule has 0 bridgehead atoms. The highest BCUT2D eigenvalue weighted by molar-refractivity contribution is 6.76. The number of alkyl halides is 3. The van der Waals surface area contributed by atoms with Crippen LogP contribution in [0.3, 0.4) is 0 Å². The number of unbranched alkanes of at least 4 members (excludes halogenated alkanes) is 10. The van der Waals surface area contributed by atoms with Crippen molar-refractivity contribution in [2.75, 3.05) is 25.0 Å². The van der Waals surface area contributed by atoms with E-state index in [4.69, 9.17) is 44.3 Å². The first-order valence-electron chi connectivity index (χ1n) is 16.9. The van der Waals surface area contributed by atoms with Crippen molar-refractivity contribution in [3.63, 3.8) is 0 Å². The van der Waals surface area contributed by atoms with Crippen LogP contribution >= 0.6 is 34.8 Å². The van der Waals surface area contributed by atoms with Crippen LogP contribution in [0.2, 0.25) is 0 Å². The van der Waals surface area contributed by atoms with Gasteiger partial charge in [0, 0.05) is 24.2 Å². The summed E-state index contributed by atoms with van der Waals surface area (Å²) in [6.07, 6.45) is 15.4. The Morgan fingerprint density at radius 2 is 1.33 bits per heavy atom. The quantitative estimate of drug-likeness (QED) is 0.107. The van der Waals surface area contributed by atoms with Crippen LogP contribution in [0.15, 0.2) is 48.5 Å². The van der Waals surface area contributed by atoms with Gasteiger partial charge in [-0.15, -0.1) is 0 Å². The lowest BCUT2D eigenvalue weighted by atomic mass is 9.99. The van der Waals surface area contributed by atoms with Crippen molar-refractivity contribution in [2.24, 2.45) is 0 Å². The number of ether oxygens (including phenoxy) is 2. The van der Waals surface area contributed by atoms with Crippen molar-refractivity contribution in [2.45, 2.75) is 126 Å². The number of hydrogen-bond acceptors (Lipinski definition) is 5. The third-order valence-electron chi connectivity index (χ3n) is 8.43. The highest BCUT2D eigenvalue weighted by atomic mass is 35.6. The number of aliphatic hydroxyl groups excluding tert-OH is 1. The summed E-state index contributed by atoms with van der Waals surface area (Å²) >= 11 is 17.2. The largest absolute Gasteiger partial charge is 0.392 e. The number of nitrogens with zero attached hydrogens (tertiary/aromatic N) is 1. The summed E-state index contributed by atoms with van der Waals surface area (Å²) < 4.78 is 11.1. The predicted molar refractivity (Wildman–Crippen MR) is 187 cm³/mol. The molecule has 0 spiro atoms. The van der Waals surface area contributed by atoms with E-state index in [2.05, 4.69) is 24.1 Å². The molecule has 45 heavy (non-hydrogen) atoms. The first-order chi connectivity index (χ1) is 21.7. The van der Waals surface area contributed by atoms with E-state index in [9.17, 15) is 9.90 Å². The number of carbonyl (C=O) groups excluding carboxylic acids is 1. The Morgan fingerprint density at radius 1 is 0.800 bits per heavy atom. The maximum absolute atomic E-state index is 12.1. The van der Waals surface area contributed by atoms with Crippen molar-refractivity contribution in [1.82, 2.24) is 4.90 Å². The summed E-state index contributed by atoms with van der Waals surface area (Å²) in [5, 5.41) is 12.2. The van der Waals surface area contributed by atoms with Crippen LogP contribution in [0.5, 0.6) is 0 Å². The zero-order valence-corrected chi connectivity index (χ0v) is 29.4. The lowest BCUT2D eigenvalue weighted by Crippen LogP contribution is -2.40. The molecule has 2 aromatic rings. The van der Waals surface area contributed by atoms with Crippen LogP contribution in [-0.4, -0.2) is 45.4 Å². The number of aliphatic hydroxyl groups is 1. The molecule has 252 valence electrons. The van der Waals surface area contributed by atoms with Crippen LogP contribution in [0.25, 0.3) is 0 Å². The van der Waals surface area contributed by atoms with E-state index in [1.165, 1.54) is 77.0 Å². The standard InChI is InChI=1S/C36H53Cl3N2O4/c1-3-5-7-9-11-13-23-41(24-14-12-10-8-6-4-2)26-32-25-33(29-17-15-28(27-42)16-18-29)45-34(44-32)30-19-21-31(22-20-30)40-35(43)36(37,38)39/h15-22,32-34,42H,3-14,23-27H2,1-2H3,(H,40,43)/t32-,33+,34+/m0/s1. The molecule has 1 heterocycles. The van der Waals surface area contributed by atoms with Crippen LogP contribution < -0.4 is 5.32 Å². The Kier molecular flexibility index (Phi) is 17.6. The van der Waals surface area contributed by atoms with Gasteiger partial charge in [0.05, 0.1) is 18.8 Å². The number of halogens is 3. The van der Waals surface area contributed by atoms with Gasteiger partial charge in [-0.2, -0.15) is 0 Å². The molecule has 1 fully saturated rings. The SMILES string of the molecule is CCCCCCCCN(CCCCCCCC)C[C@@H]1C[C@H](c2ccc(CO)cc2)O[C@H](c2ccc(NC(=O)C(Cl)(Cl)Cl)cc2)O1. The molecule has 1 aliphatic rings. The third kappa shape index (κ3) is 14.1. The number of rotatable bonds is 20. The number of nitrogens with one attached hydrogen (secondary N) is 1. The zero-order chi connectivity index (χ0) is 32.5. The minimum atomic E-state index is -2.04. The first-order valence-corrected chi connectivity index (χ1v) is 18.1. The number of anilines is 1. The second-order valence-corrected chi connectivity index (χ2v) is 14.5. The summed E-state index contributed by atoms with van der Waals surface area (Å²) in [5.41, 5.74) is 3.30. The van der Waals surface area contributed by atoms with Crippen molar-refractivity contribution in [3.8, 4) is 0 Å². The summed E-state index contributed by atoms with van der Waals surface area (Å²) in [5.74, 6) is -0.715. The average molecular weight is 684 g/mol. The Morgan fingerprint density at radius 3 is 1.87 bits per heavy atom. The fourth-order valence-corrected chi connectivity index (χ4v) is 5.91. The molecule has 0 aliphatic carbocycles.